The maximum atomic E-state index is 12.2. The van der Waals surface area contributed by atoms with Crippen molar-refractivity contribution < 1.29 is 13.2 Å². The molecule has 1 aromatic rings. The van der Waals surface area contributed by atoms with Crippen molar-refractivity contribution in [2.24, 2.45) is 10.7 Å². The summed E-state index contributed by atoms with van der Waals surface area (Å²) in [5.41, 5.74) is 6.20. The van der Waals surface area contributed by atoms with Crippen molar-refractivity contribution >= 4 is 21.8 Å². The first-order valence-electron chi connectivity index (χ1n) is 7.99. The van der Waals surface area contributed by atoms with Crippen molar-refractivity contribution in [3.05, 3.63) is 29.8 Å². The Labute approximate surface area is 142 Å². The summed E-state index contributed by atoms with van der Waals surface area (Å²) in [7, 11) is -3.60. The SMILES string of the molecule is CCC(N)(CC)CNC(=O)C(C)N=C1NS(=O)(=O)c2ccccc21. The molecule has 0 aliphatic carbocycles. The largest absolute Gasteiger partial charge is 0.352 e. The molecule has 0 spiro atoms. The number of nitrogens with one attached hydrogen (secondary N) is 2. The van der Waals surface area contributed by atoms with E-state index in [4.69, 9.17) is 5.73 Å². The number of benzene rings is 1. The molecule has 1 aromatic carbocycles. The van der Waals surface area contributed by atoms with Gasteiger partial charge in [0.05, 0.1) is 4.90 Å². The number of nitrogens with zero attached hydrogens (tertiary/aromatic N) is 1. The Morgan fingerprint density at radius 1 is 1.33 bits per heavy atom. The second kappa shape index (κ2) is 6.90. The van der Waals surface area contributed by atoms with Crippen LogP contribution in [0.1, 0.15) is 39.2 Å². The first kappa shape index (κ1) is 18.4. The molecule has 0 saturated heterocycles. The molecular weight excluding hydrogens is 328 g/mol. The maximum absolute atomic E-state index is 12.2. The number of amides is 1. The van der Waals surface area contributed by atoms with Crippen molar-refractivity contribution in [2.75, 3.05) is 6.54 Å². The molecule has 0 radical (unpaired) electrons. The van der Waals surface area contributed by atoms with Crippen LogP contribution in [0.3, 0.4) is 0 Å². The number of carbonyl (C=O) groups excluding carboxylic acids is 1. The molecule has 132 valence electrons. The van der Waals surface area contributed by atoms with Gasteiger partial charge in [0.15, 0.2) is 0 Å². The van der Waals surface area contributed by atoms with Crippen LogP contribution < -0.4 is 15.8 Å². The van der Waals surface area contributed by atoms with E-state index in [0.717, 1.165) is 12.8 Å². The van der Waals surface area contributed by atoms with Crippen molar-refractivity contribution in [1.29, 1.82) is 0 Å². The number of aliphatic imine (C=N–C) groups is 1. The summed E-state index contributed by atoms with van der Waals surface area (Å²) < 4.78 is 26.5. The van der Waals surface area contributed by atoms with Crippen LogP contribution >= 0.6 is 0 Å². The third-order valence-corrected chi connectivity index (χ3v) is 5.78. The lowest BCUT2D eigenvalue weighted by Crippen LogP contribution is -2.50. The van der Waals surface area contributed by atoms with E-state index in [-0.39, 0.29) is 16.6 Å². The van der Waals surface area contributed by atoms with Gasteiger partial charge in [0.25, 0.3) is 10.0 Å². The van der Waals surface area contributed by atoms with Gasteiger partial charge in [0.1, 0.15) is 11.9 Å². The second-order valence-corrected chi connectivity index (χ2v) is 7.69. The van der Waals surface area contributed by atoms with Crippen LogP contribution in [-0.4, -0.2) is 38.3 Å². The lowest BCUT2D eigenvalue weighted by atomic mass is 9.94. The van der Waals surface area contributed by atoms with Crippen LogP contribution in [0.5, 0.6) is 0 Å². The summed E-state index contributed by atoms with van der Waals surface area (Å²) in [6.07, 6.45) is 1.50. The lowest BCUT2D eigenvalue weighted by molar-refractivity contribution is -0.122. The third kappa shape index (κ3) is 3.76. The number of rotatable bonds is 6. The molecule has 2 rings (SSSR count). The zero-order valence-corrected chi connectivity index (χ0v) is 15.0. The Bertz CT molecular complexity index is 754. The summed E-state index contributed by atoms with van der Waals surface area (Å²) in [5, 5.41) is 2.80. The summed E-state index contributed by atoms with van der Waals surface area (Å²) in [5.74, 6) is -0.0963. The van der Waals surface area contributed by atoms with Gasteiger partial charge in [0, 0.05) is 17.6 Å². The number of carbonyl (C=O) groups is 1. The average Bonchev–Trinajstić information content (AvgIpc) is 2.83. The number of nitrogens with two attached hydrogens (primary N) is 1. The fourth-order valence-electron chi connectivity index (χ4n) is 2.39. The topological polar surface area (TPSA) is 114 Å². The second-order valence-electron chi connectivity index (χ2n) is 6.04. The Morgan fingerprint density at radius 3 is 2.58 bits per heavy atom. The molecule has 1 amide bonds. The van der Waals surface area contributed by atoms with Gasteiger partial charge in [-0.1, -0.05) is 26.0 Å². The molecule has 7 nitrogen and oxygen atoms in total. The van der Waals surface area contributed by atoms with E-state index in [1.54, 1.807) is 25.1 Å². The first-order chi connectivity index (χ1) is 11.2. The van der Waals surface area contributed by atoms with Crippen molar-refractivity contribution in [3.63, 3.8) is 0 Å². The van der Waals surface area contributed by atoms with Crippen LogP contribution in [0, 0.1) is 0 Å². The minimum atomic E-state index is -3.60. The normalized spacial score (nSPS) is 18.8. The summed E-state index contributed by atoms with van der Waals surface area (Å²) in [6.45, 7) is 5.93. The molecule has 0 bridgehead atoms. The summed E-state index contributed by atoms with van der Waals surface area (Å²) in [4.78, 5) is 16.6. The number of hydrogen-bond donors (Lipinski definition) is 3. The van der Waals surface area contributed by atoms with Gasteiger partial charge in [-0.25, -0.2) is 8.42 Å². The van der Waals surface area contributed by atoms with E-state index in [2.05, 4.69) is 15.0 Å². The van der Waals surface area contributed by atoms with E-state index < -0.39 is 21.6 Å². The Balaban J connectivity index is 2.13. The molecule has 1 aliphatic rings. The number of sulfonamides is 1. The molecule has 4 N–H and O–H groups in total. The summed E-state index contributed by atoms with van der Waals surface area (Å²) in [6, 6.07) is 5.82. The molecular formula is C16H24N4O3S. The van der Waals surface area contributed by atoms with E-state index >= 15 is 0 Å². The maximum Gasteiger partial charge on any atom is 0.263 e. The fraction of sp³-hybridized carbons (Fsp3) is 0.500. The fourth-order valence-corrected chi connectivity index (χ4v) is 3.63. The molecule has 0 fully saturated rings. The van der Waals surface area contributed by atoms with E-state index in [1.165, 1.54) is 6.07 Å². The van der Waals surface area contributed by atoms with Crippen LogP contribution in [0.25, 0.3) is 0 Å². The highest BCUT2D eigenvalue weighted by molar-refractivity contribution is 7.90. The molecule has 1 atom stereocenters. The smallest absolute Gasteiger partial charge is 0.263 e. The van der Waals surface area contributed by atoms with Crippen LogP contribution in [0.15, 0.2) is 34.2 Å². The minimum absolute atomic E-state index is 0.175. The van der Waals surface area contributed by atoms with Gasteiger partial charge in [-0.15, -0.1) is 0 Å². The standard InChI is InChI=1S/C16H24N4O3S/c1-4-16(17,5-2)10-18-15(21)11(3)19-14-12-8-6-7-9-13(12)24(22,23)20-14/h6-9,11H,4-5,10,17H2,1-3H3,(H,18,21)(H,19,20). The predicted octanol–water partition coefficient (Wildman–Crippen LogP) is 0.747. The highest BCUT2D eigenvalue weighted by Crippen LogP contribution is 2.22. The monoisotopic (exact) mass is 352 g/mol. The Kier molecular flexibility index (Phi) is 5.29. The zero-order chi connectivity index (χ0) is 18.0. The average molecular weight is 352 g/mol. The van der Waals surface area contributed by atoms with E-state index in [0.29, 0.717) is 12.1 Å². The number of amidine groups is 1. The highest BCUT2D eigenvalue weighted by atomic mass is 32.2. The van der Waals surface area contributed by atoms with Crippen molar-refractivity contribution in [1.82, 2.24) is 10.0 Å². The Morgan fingerprint density at radius 2 is 1.96 bits per heavy atom. The molecule has 0 aromatic heterocycles. The van der Waals surface area contributed by atoms with Gasteiger partial charge in [0.2, 0.25) is 5.91 Å². The van der Waals surface area contributed by atoms with Gasteiger partial charge < -0.3 is 11.1 Å². The van der Waals surface area contributed by atoms with Gasteiger partial charge >= 0.3 is 0 Å². The molecule has 24 heavy (non-hydrogen) atoms. The summed E-state index contributed by atoms with van der Waals surface area (Å²) >= 11 is 0. The molecule has 8 heteroatoms. The molecule has 1 unspecified atom stereocenters. The van der Waals surface area contributed by atoms with Crippen LogP contribution in [0.2, 0.25) is 0 Å². The third-order valence-electron chi connectivity index (χ3n) is 4.39. The molecule has 1 heterocycles. The van der Waals surface area contributed by atoms with E-state index in [9.17, 15) is 13.2 Å². The number of hydrogen-bond acceptors (Lipinski definition) is 5. The predicted molar refractivity (Wildman–Crippen MR) is 93.3 cm³/mol. The quantitative estimate of drug-likeness (QED) is 0.701. The van der Waals surface area contributed by atoms with Gasteiger partial charge in [-0.05, 0) is 31.9 Å². The van der Waals surface area contributed by atoms with Crippen LogP contribution in [0.4, 0.5) is 0 Å². The Hall–Kier alpha value is -1.93. The molecule has 1 aliphatic heterocycles. The lowest BCUT2D eigenvalue weighted by Gasteiger charge is -2.27. The van der Waals surface area contributed by atoms with Crippen molar-refractivity contribution in [3.8, 4) is 0 Å². The van der Waals surface area contributed by atoms with Gasteiger partial charge in [-0.3, -0.25) is 14.5 Å². The number of fused-ring (bicyclic) bond motifs is 1. The van der Waals surface area contributed by atoms with E-state index in [1.807, 2.05) is 13.8 Å². The first-order valence-corrected chi connectivity index (χ1v) is 9.47. The zero-order valence-electron chi connectivity index (χ0n) is 14.2. The highest BCUT2D eigenvalue weighted by Gasteiger charge is 2.31. The minimum Gasteiger partial charge on any atom is -0.352 e. The van der Waals surface area contributed by atoms with Gasteiger partial charge in [-0.2, -0.15) is 0 Å². The molecule has 0 saturated carbocycles. The van der Waals surface area contributed by atoms with Crippen LogP contribution in [-0.2, 0) is 14.8 Å². The van der Waals surface area contributed by atoms with Crippen molar-refractivity contribution in [2.45, 2.75) is 50.1 Å².